The Morgan fingerprint density at radius 3 is 2.79 bits per heavy atom. The van der Waals surface area contributed by atoms with Crippen LogP contribution in [0.5, 0.6) is 0 Å². The van der Waals surface area contributed by atoms with E-state index in [1.807, 2.05) is 24.3 Å². The zero-order chi connectivity index (χ0) is 16.5. The summed E-state index contributed by atoms with van der Waals surface area (Å²) in [6, 6.07) is 14.2. The highest BCUT2D eigenvalue weighted by molar-refractivity contribution is 8.00. The van der Waals surface area contributed by atoms with Crippen LogP contribution in [0, 0.1) is 5.82 Å². The predicted molar refractivity (Wildman–Crippen MR) is 92.6 cm³/mol. The third kappa shape index (κ3) is 2.63. The number of anilines is 1. The van der Waals surface area contributed by atoms with Crippen molar-refractivity contribution in [2.45, 2.75) is 16.7 Å². The molecule has 0 aliphatic carbocycles. The third-order valence-electron chi connectivity index (χ3n) is 4.09. The standard InChI is InChI=1S/C18H14FN3OS/c19-14-7-3-4-8-15(14)22-10-9-16(18(22)23)24-17-13-6-2-1-5-12(13)11-20-21-17/h1-8,11,16H,9-10H2. The molecular weight excluding hydrogens is 325 g/mol. The van der Waals surface area contributed by atoms with E-state index in [4.69, 9.17) is 0 Å². The maximum atomic E-state index is 14.0. The van der Waals surface area contributed by atoms with Gasteiger partial charge < -0.3 is 4.90 Å². The molecule has 6 heteroatoms. The Morgan fingerprint density at radius 1 is 1.12 bits per heavy atom. The lowest BCUT2D eigenvalue weighted by Crippen LogP contribution is -2.28. The van der Waals surface area contributed by atoms with Gasteiger partial charge in [0.15, 0.2) is 0 Å². The first-order valence-electron chi connectivity index (χ1n) is 7.67. The fourth-order valence-corrected chi connectivity index (χ4v) is 4.02. The van der Waals surface area contributed by atoms with E-state index in [1.54, 1.807) is 24.4 Å². The Kier molecular flexibility index (Phi) is 3.90. The van der Waals surface area contributed by atoms with E-state index in [0.717, 1.165) is 15.8 Å². The van der Waals surface area contributed by atoms with Crippen LogP contribution >= 0.6 is 11.8 Å². The van der Waals surface area contributed by atoms with Gasteiger partial charge in [0.1, 0.15) is 10.8 Å². The molecule has 0 radical (unpaired) electrons. The number of halogens is 1. The summed E-state index contributed by atoms with van der Waals surface area (Å²) in [6.07, 6.45) is 2.37. The molecule has 0 N–H and O–H groups in total. The molecule has 0 bridgehead atoms. The summed E-state index contributed by atoms with van der Waals surface area (Å²) in [6.45, 7) is 0.510. The van der Waals surface area contributed by atoms with Crippen molar-refractivity contribution < 1.29 is 9.18 Å². The highest BCUT2D eigenvalue weighted by Crippen LogP contribution is 2.35. The molecular formula is C18H14FN3OS. The van der Waals surface area contributed by atoms with E-state index >= 15 is 0 Å². The van der Waals surface area contributed by atoms with Gasteiger partial charge in [-0.1, -0.05) is 48.2 Å². The van der Waals surface area contributed by atoms with Crippen molar-refractivity contribution in [3.05, 3.63) is 60.5 Å². The molecule has 1 aromatic heterocycles. The van der Waals surface area contributed by atoms with Gasteiger partial charge in [0.25, 0.3) is 0 Å². The van der Waals surface area contributed by atoms with Gasteiger partial charge in [0.05, 0.1) is 17.1 Å². The number of rotatable bonds is 3. The smallest absolute Gasteiger partial charge is 0.240 e. The second-order valence-corrected chi connectivity index (χ2v) is 6.76. The Balaban J connectivity index is 1.60. The van der Waals surface area contributed by atoms with Crippen LogP contribution in [0.15, 0.2) is 59.8 Å². The summed E-state index contributed by atoms with van der Waals surface area (Å²) >= 11 is 1.41. The van der Waals surface area contributed by atoms with Crippen LogP contribution in [-0.4, -0.2) is 27.9 Å². The quantitative estimate of drug-likeness (QED) is 0.730. The van der Waals surface area contributed by atoms with Gasteiger partial charge in [-0.25, -0.2) is 4.39 Å². The monoisotopic (exact) mass is 339 g/mol. The normalized spacial score (nSPS) is 17.6. The third-order valence-corrected chi connectivity index (χ3v) is 5.34. The molecule has 120 valence electrons. The topological polar surface area (TPSA) is 46.1 Å². The van der Waals surface area contributed by atoms with Gasteiger partial charge in [-0.2, -0.15) is 5.10 Å². The van der Waals surface area contributed by atoms with E-state index < -0.39 is 0 Å². The molecule has 4 nitrogen and oxygen atoms in total. The molecule has 1 amide bonds. The lowest BCUT2D eigenvalue weighted by atomic mass is 10.2. The number of hydrogen-bond acceptors (Lipinski definition) is 4. The molecule has 4 rings (SSSR count). The molecule has 2 heterocycles. The van der Waals surface area contributed by atoms with Gasteiger partial charge >= 0.3 is 0 Å². The average Bonchev–Trinajstić information content (AvgIpc) is 2.96. The maximum absolute atomic E-state index is 14.0. The van der Waals surface area contributed by atoms with Gasteiger partial charge in [-0.05, 0) is 18.6 Å². The maximum Gasteiger partial charge on any atom is 0.240 e. The highest BCUT2D eigenvalue weighted by Gasteiger charge is 2.35. The molecule has 3 aromatic rings. The molecule has 1 atom stereocenters. The van der Waals surface area contributed by atoms with Crippen LogP contribution in [-0.2, 0) is 4.79 Å². The molecule has 1 aliphatic rings. The van der Waals surface area contributed by atoms with Crippen molar-refractivity contribution in [2.24, 2.45) is 0 Å². The number of benzene rings is 2. The summed E-state index contributed by atoms with van der Waals surface area (Å²) in [4.78, 5) is 14.2. The number of hydrogen-bond donors (Lipinski definition) is 0. The van der Waals surface area contributed by atoms with Crippen molar-refractivity contribution in [1.82, 2.24) is 10.2 Å². The first-order chi connectivity index (χ1) is 11.7. The van der Waals surface area contributed by atoms with Gasteiger partial charge in [-0.15, -0.1) is 5.10 Å². The predicted octanol–water partition coefficient (Wildman–Crippen LogP) is 3.67. The Morgan fingerprint density at radius 2 is 1.92 bits per heavy atom. The summed E-state index contributed by atoms with van der Waals surface area (Å²) in [5.74, 6) is -0.457. The summed E-state index contributed by atoms with van der Waals surface area (Å²) < 4.78 is 14.0. The second-order valence-electron chi connectivity index (χ2n) is 5.57. The lowest BCUT2D eigenvalue weighted by Gasteiger charge is -2.17. The Bertz CT molecular complexity index is 912. The fourth-order valence-electron chi connectivity index (χ4n) is 2.90. The molecule has 1 unspecified atom stereocenters. The number of carbonyl (C=O) groups is 1. The summed E-state index contributed by atoms with van der Waals surface area (Å²) in [7, 11) is 0. The van der Waals surface area contributed by atoms with Crippen molar-refractivity contribution in [1.29, 1.82) is 0 Å². The molecule has 1 saturated heterocycles. The molecule has 24 heavy (non-hydrogen) atoms. The van der Waals surface area contributed by atoms with Crippen LogP contribution < -0.4 is 4.90 Å². The van der Waals surface area contributed by atoms with Gasteiger partial charge in [-0.3, -0.25) is 4.79 Å². The van der Waals surface area contributed by atoms with E-state index in [-0.39, 0.29) is 17.0 Å². The molecule has 2 aromatic carbocycles. The van der Waals surface area contributed by atoms with Crippen molar-refractivity contribution in [3.8, 4) is 0 Å². The second kappa shape index (κ2) is 6.20. The number of para-hydroxylation sites is 1. The van der Waals surface area contributed by atoms with Gasteiger partial charge in [0.2, 0.25) is 5.91 Å². The summed E-state index contributed by atoms with van der Waals surface area (Å²) in [5, 5.41) is 10.6. The minimum atomic E-state index is -0.374. The number of carbonyl (C=O) groups excluding carboxylic acids is 1. The van der Waals surface area contributed by atoms with E-state index in [2.05, 4.69) is 10.2 Å². The molecule has 1 fully saturated rings. The number of nitrogens with zero attached hydrogens (tertiary/aromatic N) is 3. The van der Waals surface area contributed by atoms with Crippen molar-refractivity contribution in [3.63, 3.8) is 0 Å². The lowest BCUT2D eigenvalue weighted by molar-refractivity contribution is -0.116. The fraction of sp³-hybridized carbons (Fsp3) is 0.167. The number of thioether (sulfide) groups is 1. The molecule has 0 saturated carbocycles. The Hall–Kier alpha value is -2.47. The van der Waals surface area contributed by atoms with E-state index in [0.29, 0.717) is 18.7 Å². The Labute approximate surface area is 142 Å². The van der Waals surface area contributed by atoms with Crippen LogP contribution in [0.3, 0.4) is 0 Å². The molecule has 1 aliphatic heterocycles. The van der Waals surface area contributed by atoms with Crippen molar-refractivity contribution >= 4 is 34.1 Å². The molecule has 0 spiro atoms. The largest absolute Gasteiger partial charge is 0.309 e. The van der Waals surface area contributed by atoms with Gasteiger partial charge in [0, 0.05) is 17.3 Å². The number of fused-ring (bicyclic) bond motifs is 1. The highest BCUT2D eigenvalue weighted by atomic mass is 32.2. The van der Waals surface area contributed by atoms with Crippen LogP contribution in [0.4, 0.5) is 10.1 Å². The van der Waals surface area contributed by atoms with Crippen LogP contribution in [0.2, 0.25) is 0 Å². The first-order valence-corrected chi connectivity index (χ1v) is 8.55. The first kappa shape index (κ1) is 15.1. The van der Waals surface area contributed by atoms with Crippen molar-refractivity contribution in [2.75, 3.05) is 11.4 Å². The van der Waals surface area contributed by atoms with Crippen LogP contribution in [0.1, 0.15) is 6.42 Å². The minimum absolute atomic E-state index is 0.0835. The van der Waals surface area contributed by atoms with E-state index in [9.17, 15) is 9.18 Å². The SMILES string of the molecule is O=C1C(Sc2nncc3ccccc23)CCN1c1ccccc1F. The summed E-state index contributed by atoms with van der Waals surface area (Å²) in [5.41, 5.74) is 0.342. The average molecular weight is 339 g/mol. The number of aromatic nitrogens is 2. The van der Waals surface area contributed by atoms with E-state index in [1.165, 1.54) is 22.7 Å². The minimum Gasteiger partial charge on any atom is -0.309 e. The zero-order valence-electron chi connectivity index (χ0n) is 12.7. The zero-order valence-corrected chi connectivity index (χ0v) is 13.5. The van der Waals surface area contributed by atoms with Crippen LogP contribution in [0.25, 0.3) is 10.8 Å². The number of amides is 1.